The summed E-state index contributed by atoms with van der Waals surface area (Å²) in [6.45, 7) is 3.41. The third kappa shape index (κ3) is 2.27. The largest absolute Gasteiger partial charge is 0.350 e. The topological polar surface area (TPSA) is 18.5 Å². The van der Waals surface area contributed by atoms with E-state index in [-0.39, 0.29) is 6.29 Å². The minimum atomic E-state index is -0.0735. The molecule has 2 nitrogen and oxygen atoms in total. The quantitative estimate of drug-likeness (QED) is 0.750. The maximum Gasteiger partial charge on any atom is 0.161 e. The summed E-state index contributed by atoms with van der Waals surface area (Å²) in [4.78, 5) is 0. The van der Waals surface area contributed by atoms with Crippen LogP contribution >= 0.6 is 11.6 Å². The molecular formula is C11H13ClO2. The van der Waals surface area contributed by atoms with Crippen molar-refractivity contribution in [3.05, 3.63) is 34.3 Å². The summed E-state index contributed by atoms with van der Waals surface area (Å²) in [5.41, 5.74) is 2.31. The first-order valence-corrected chi connectivity index (χ1v) is 5.12. The number of aryl methyl sites for hydroxylation is 1. The number of ether oxygens (including phenoxy) is 2. The van der Waals surface area contributed by atoms with Crippen molar-refractivity contribution in [1.82, 2.24) is 0 Å². The van der Waals surface area contributed by atoms with Gasteiger partial charge in [-0.05, 0) is 24.1 Å². The van der Waals surface area contributed by atoms with Crippen LogP contribution in [0.2, 0.25) is 5.02 Å². The third-order valence-corrected chi connectivity index (χ3v) is 2.74. The van der Waals surface area contributed by atoms with Crippen LogP contribution < -0.4 is 0 Å². The Balaban J connectivity index is 2.05. The van der Waals surface area contributed by atoms with Crippen molar-refractivity contribution in [2.24, 2.45) is 0 Å². The number of benzene rings is 1. The molecule has 0 spiro atoms. The molecule has 0 aliphatic carbocycles. The van der Waals surface area contributed by atoms with Crippen molar-refractivity contribution in [1.29, 1.82) is 0 Å². The van der Waals surface area contributed by atoms with Gasteiger partial charge in [0.15, 0.2) is 6.29 Å². The maximum atomic E-state index is 5.93. The molecule has 14 heavy (non-hydrogen) atoms. The van der Waals surface area contributed by atoms with Gasteiger partial charge < -0.3 is 9.47 Å². The molecule has 0 unspecified atom stereocenters. The Labute approximate surface area is 88.8 Å². The van der Waals surface area contributed by atoms with Crippen molar-refractivity contribution in [2.75, 3.05) is 13.2 Å². The Kier molecular flexibility index (Phi) is 3.06. The smallest absolute Gasteiger partial charge is 0.161 e. The third-order valence-electron chi connectivity index (χ3n) is 2.32. The van der Waals surface area contributed by atoms with Gasteiger partial charge in [0.25, 0.3) is 0 Å². The van der Waals surface area contributed by atoms with Crippen LogP contribution in [0.15, 0.2) is 18.2 Å². The van der Waals surface area contributed by atoms with Gasteiger partial charge in [-0.2, -0.15) is 0 Å². The molecule has 0 N–H and O–H groups in total. The molecule has 1 heterocycles. The van der Waals surface area contributed by atoms with E-state index in [1.807, 2.05) is 19.1 Å². The standard InChI is InChI=1S/C11H13ClO2/c1-8-6-9(2-3-10(8)12)7-11-13-4-5-14-11/h2-3,6,11H,4-5,7H2,1H3. The SMILES string of the molecule is Cc1cc(CC2OCCO2)ccc1Cl. The highest BCUT2D eigenvalue weighted by Crippen LogP contribution is 2.18. The van der Waals surface area contributed by atoms with Crippen LogP contribution in [0.1, 0.15) is 11.1 Å². The molecule has 1 aromatic rings. The first kappa shape index (κ1) is 9.97. The van der Waals surface area contributed by atoms with E-state index in [4.69, 9.17) is 21.1 Å². The van der Waals surface area contributed by atoms with Gasteiger partial charge in [0.2, 0.25) is 0 Å². The van der Waals surface area contributed by atoms with E-state index in [0.29, 0.717) is 13.2 Å². The molecule has 76 valence electrons. The lowest BCUT2D eigenvalue weighted by Gasteiger charge is -2.09. The van der Waals surface area contributed by atoms with E-state index in [9.17, 15) is 0 Å². The Morgan fingerprint density at radius 1 is 1.36 bits per heavy atom. The molecule has 0 atom stereocenters. The zero-order chi connectivity index (χ0) is 9.97. The van der Waals surface area contributed by atoms with Crippen LogP contribution in [0.25, 0.3) is 0 Å². The van der Waals surface area contributed by atoms with Crippen molar-refractivity contribution < 1.29 is 9.47 Å². The van der Waals surface area contributed by atoms with Gasteiger partial charge in [-0.3, -0.25) is 0 Å². The molecule has 1 aliphatic rings. The molecule has 3 heteroatoms. The summed E-state index contributed by atoms with van der Waals surface area (Å²) in [6, 6.07) is 6.01. The molecular weight excluding hydrogens is 200 g/mol. The van der Waals surface area contributed by atoms with Gasteiger partial charge in [0.1, 0.15) is 0 Å². The molecule has 1 fully saturated rings. The lowest BCUT2D eigenvalue weighted by molar-refractivity contribution is -0.0399. The normalized spacial score (nSPS) is 17.6. The zero-order valence-corrected chi connectivity index (χ0v) is 8.88. The van der Waals surface area contributed by atoms with Gasteiger partial charge >= 0.3 is 0 Å². The van der Waals surface area contributed by atoms with E-state index in [0.717, 1.165) is 17.0 Å². The van der Waals surface area contributed by atoms with Crippen LogP contribution in [-0.2, 0) is 15.9 Å². The molecule has 1 aromatic carbocycles. The monoisotopic (exact) mass is 212 g/mol. The summed E-state index contributed by atoms with van der Waals surface area (Å²) in [5, 5.41) is 0.807. The average Bonchev–Trinajstić information content (AvgIpc) is 2.64. The van der Waals surface area contributed by atoms with E-state index in [1.165, 1.54) is 5.56 Å². The highest BCUT2D eigenvalue weighted by Gasteiger charge is 2.16. The van der Waals surface area contributed by atoms with Gasteiger partial charge in [0.05, 0.1) is 13.2 Å². The number of rotatable bonds is 2. The molecule has 0 amide bonds. The molecule has 0 saturated carbocycles. The Morgan fingerprint density at radius 3 is 2.71 bits per heavy atom. The number of hydrogen-bond donors (Lipinski definition) is 0. The minimum Gasteiger partial charge on any atom is -0.350 e. The van der Waals surface area contributed by atoms with E-state index in [1.54, 1.807) is 0 Å². The van der Waals surface area contributed by atoms with Gasteiger partial charge in [-0.1, -0.05) is 23.7 Å². The summed E-state index contributed by atoms with van der Waals surface area (Å²) in [7, 11) is 0. The van der Waals surface area contributed by atoms with E-state index >= 15 is 0 Å². The number of hydrogen-bond acceptors (Lipinski definition) is 2. The Morgan fingerprint density at radius 2 is 2.07 bits per heavy atom. The van der Waals surface area contributed by atoms with Crippen LogP contribution in [0.3, 0.4) is 0 Å². The summed E-state index contributed by atoms with van der Waals surface area (Å²) in [6.07, 6.45) is 0.730. The molecule has 0 aromatic heterocycles. The number of halogens is 1. The fraction of sp³-hybridized carbons (Fsp3) is 0.455. The van der Waals surface area contributed by atoms with E-state index < -0.39 is 0 Å². The van der Waals surface area contributed by atoms with E-state index in [2.05, 4.69) is 6.07 Å². The van der Waals surface area contributed by atoms with Crippen LogP contribution in [0, 0.1) is 6.92 Å². The predicted octanol–water partition coefficient (Wildman–Crippen LogP) is 2.56. The van der Waals surface area contributed by atoms with Crippen molar-refractivity contribution in [3.63, 3.8) is 0 Å². The van der Waals surface area contributed by atoms with Gasteiger partial charge in [0, 0.05) is 11.4 Å². The van der Waals surface area contributed by atoms with Crippen molar-refractivity contribution in [3.8, 4) is 0 Å². The van der Waals surface area contributed by atoms with Crippen molar-refractivity contribution in [2.45, 2.75) is 19.6 Å². The Bertz CT molecular complexity index is 319. The first-order chi connectivity index (χ1) is 6.75. The second-order valence-electron chi connectivity index (χ2n) is 3.46. The molecule has 0 bridgehead atoms. The minimum absolute atomic E-state index is 0.0735. The zero-order valence-electron chi connectivity index (χ0n) is 8.13. The fourth-order valence-electron chi connectivity index (χ4n) is 1.55. The highest BCUT2D eigenvalue weighted by molar-refractivity contribution is 6.31. The first-order valence-electron chi connectivity index (χ1n) is 4.74. The van der Waals surface area contributed by atoms with Crippen LogP contribution in [0.4, 0.5) is 0 Å². The van der Waals surface area contributed by atoms with Gasteiger partial charge in [-0.15, -0.1) is 0 Å². The van der Waals surface area contributed by atoms with Gasteiger partial charge in [-0.25, -0.2) is 0 Å². The molecule has 2 rings (SSSR count). The summed E-state index contributed by atoms with van der Waals surface area (Å²) < 4.78 is 10.7. The Hall–Kier alpha value is -0.570. The fourth-order valence-corrected chi connectivity index (χ4v) is 1.67. The summed E-state index contributed by atoms with van der Waals surface area (Å²) in [5.74, 6) is 0. The van der Waals surface area contributed by atoms with Crippen LogP contribution in [0.5, 0.6) is 0 Å². The molecule has 1 aliphatic heterocycles. The lowest BCUT2D eigenvalue weighted by atomic mass is 10.1. The molecule has 1 saturated heterocycles. The molecule has 0 radical (unpaired) electrons. The maximum absolute atomic E-state index is 5.93. The second-order valence-corrected chi connectivity index (χ2v) is 3.87. The average molecular weight is 213 g/mol. The summed E-state index contributed by atoms with van der Waals surface area (Å²) >= 11 is 5.93. The highest BCUT2D eigenvalue weighted by atomic mass is 35.5. The lowest BCUT2D eigenvalue weighted by Crippen LogP contribution is -2.11. The second kappa shape index (κ2) is 4.30. The van der Waals surface area contributed by atoms with Crippen LogP contribution in [-0.4, -0.2) is 19.5 Å². The predicted molar refractivity (Wildman–Crippen MR) is 55.6 cm³/mol. The van der Waals surface area contributed by atoms with Crippen molar-refractivity contribution >= 4 is 11.6 Å².